The van der Waals surface area contributed by atoms with Crippen LogP contribution in [-0.4, -0.2) is 67.5 Å². The fourth-order valence-electron chi connectivity index (χ4n) is 5.40. The number of hydrogen-bond acceptors (Lipinski definition) is 4. The van der Waals surface area contributed by atoms with E-state index >= 15 is 0 Å². The molecule has 0 saturated carbocycles. The molecule has 0 radical (unpaired) electrons. The Balaban J connectivity index is 1.38. The first-order valence-electron chi connectivity index (χ1n) is 10.7. The molecule has 140 valence electrons. The topological polar surface area (TPSA) is 30.9 Å². The van der Waals surface area contributed by atoms with Gasteiger partial charge in [-0.05, 0) is 76.3 Å². The van der Waals surface area contributed by atoms with Crippen molar-refractivity contribution >= 4 is 6.21 Å². The van der Waals surface area contributed by atoms with E-state index in [1.807, 2.05) is 0 Å². The summed E-state index contributed by atoms with van der Waals surface area (Å²) in [5.74, 6) is 1.63. The fourth-order valence-corrected chi connectivity index (χ4v) is 5.40. The molecule has 0 aromatic heterocycles. The summed E-state index contributed by atoms with van der Waals surface area (Å²) in [7, 11) is 0. The average Bonchev–Trinajstić information content (AvgIpc) is 3.29. The van der Waals surface area contributed by atoms with Crippen LogP contribution in [0.1, 0.15) is 51.4 Å². The number of nitrogens with zero attached hydrogens (tertiary/aromatic N) is 3. The van der Waals surface area contributed by atoms with Crippen molar-refractivity contribution in [3.05, 3.63) is 12.2 Å². The highest BCUT2D eigenvalue weighted by Crippen LogP contribution is 2.34. The van der Waals surface area contributed by atoms with E-state index in [0.29, 0.717) is 0 Å². The third kappa shape index (κ3) is 4.72. The summed E-state index contributed by atoms with van der Waals surface area (Å²) in [5, 5.41) is 3.62. The van der Waals surface area contributed by atoms with Gasteiger partial charge in [0.1, 0.15) is 0 Å². The molecule has 2 fully saturated rings. The molecule has 4 aliphatic rings. The van der Waals surface area contributed by atoms with Crippen LogP contribution >= 0.6 is 0 Å². The monoisotopic (exact) mass is 344 g/mol. The van der Waals surface area contributed by atoms with Crippen molar-refractivity contribution < 1.29 is 0 Å². The standard InChI is InChI=1S/C21H36N4/c1-2-12-24(11-1)17-25-20(13-18-5-3-9-22-15-18)7-8-21(25)14-19-6-4-10-23-16-19/h1-2,15,18-21,23H,3-14,16-17H2. The van der Waals surface area contributed by atoms with Gasteiger partial charge < -0.3 is 5.32 Å². The molecule has 0 spiro atoms. The van der Waals surface area contributed by atoms with Gasteiger partial charge in [-0.2, -0.15) is 0 Å². The van der Waals surface area contributed by atoms with Crippen LogP contribution in [0.2, 0.25) is 0 Å². The first-order valence-corrected chi connectivity index (χ1v) is 10.7. The highest BCUT2D eigenvalue weighted by molar-refractivity contribution is 5.61. The number of rotatable bonds is 6. The van der Waals surface area contributed by atoms with E-state index in [-0.39, 0.29) is 0 Å². The molecule has 1 N–H and O–H groups in total. The molecule has 4 heteroatoms. The second-order valence-corrected chi connectivity index (χ2v) is 8.69. The number of hydrogen-bond donors (Lipinski definition) is 1. The lowest BCUT2D eigenvalue weighted by Gasteiger charge is -2.37. The zero-order valence-electron chi connectivity index (χ0n) is 15.8. The van der Waals surface area contributed by atoms with Crippen LogP contribution in [0.4, 0.5) is 0 Å². The van der Waals surface area contributed by atoms with Gasteiger partial charge >= 0.3 is 0 Å². The first-order chi connectivity index (χ1) is 12.4. The van der Waals surface area contributed by atoms with Crippen molar-refractivity contribution in [2.45, 2.75) is 63.5 Å². The van der Waals surface area contributed by atoms with Crippen LogP contribution in [-0.2, 0) is 0 Å². The maximum absolute atomic E-state index is 4.57. The predicted molar refractivity (Wildman–Crippen MR) is 105 cm³/mol. The van der Waals surface area contributed by atoms with Gasteiger partial charge in [-0.1, -0.05) is 12.2 Å². The normalized spacial score (nSPS) is 37.1. The molecular formula is C21H36N4. The molecule has 0 amide bonds. The lowest BCUT2D eigenvalue weighted by atomic mass is 9.91. The molecule has 4 atom stereocenters. The second-order valence-electron chi connectivity index (χ2n) is 8.69. The summed E-state index contributed by atoms with van der Waals surface area (Å²) >= 11 is 0. The zero-order valence-corrected chi connectivity index (χ0v) is 15.8. The fraction of sp³-hybridized carbons (Fsp3) is 0.857. The molecule has 4 heterocycles. The van der Waals surface area contributed by atoms with Crippen molar-refractivity contribution in [2.75, 3.05) is 39.4 Å². The molecule has 4 rings (SSSR count). The second kappa shape index (κ2) is 8.79. The number of likely N-dealkylation sites (tertiary alicyclic amines) is 1. The average molecular weight is 345 g/mol. The van der Waals surface area contributed by atoms with Gasteiger partial charge in [-0.15, -0.1) is 0 Å². The molecule has 0 aromatic rings. The molecule has 4 unspecified atom stereocenters. The van der Waals surface area contributed by atoms with E-state index < -0.39 is 0 Å². The van der Waals surface area contributed by atoms with Gasteiger partial charge in [0.05, 0.1) is 6.67 Å². The van der Waals surface area contributed by atoms with E-state index in [1.165, 1.54) is 71.1 Å². The molecule has 0 bridgehead atoms. The van der Waals surface area contributed by atoms with Crippen LogP contribution in [0.3, 0.4) is 0 Å². The predicted octanol–water partition coefficient (Wildman–Crippen LogP) is 2.91. The molecule has 4 aliphatic heterocycles. The molecule has 25 heavy (non-hydrogen) atoms. The van der Waals surface area contributed by atoms with Crippen molar-refractivity contribution in [1.29, 1.82) is 0 Å². The Bertz CT molecular complexity index is 461. The van der Waals surface area contributed by atoms with E-state index in [1.54, 1.807) is 0 Å². The minimum Gasteiger partial charge on any atom is -0.316 e. The van der Waals surface area contributed by atoms with Gasteiger partial charge in [0.15, 0.2) is 0 Å². The smallest absolute Gasteiger partial charge is 0.0517 e. The van der Waals surface area contributed by atoms with Crippen LogP contribution in [0.15, 0.2) is 17.1 Å². The molecule has 0 aromatic carbocycles. The number of nitrogens with one attached hydrogen (secondary N) is 1. The Hall–Kier alpha value is -0.710. The SMILES string of the molecule is C1=CCN(CN2C(CC3C=NCCC3)CCC2CC2CCCNC2)C1. The Morgan fingerprint density at radius 2 is 1.80 bits per heavy atom. The largest absolute Gasteiger partial charge is 0.316 e. The summed E-state index contributed by atoms with van der Waals surface area (Å²) < 4.78 is 0. The van der Waals surface area contributed by atoms with E-state index in [9.17, 15) is 0 Å². The molecule has 2 saturated heterocycles. The highest BCUT2D eigenvalue weighted by Gasteiger charge is 2.36. The summed E-state index contributed by atoms with van der Waals surface area (Å²) in [6, 6.07) is 1.58. The summed E-state index contributed by atoms with van der Waals surface area (Å²) in [5.41, 5.74) is 0. The first kappa shape index (κ1) is 17.7. The number of piperidine rings is 1. The Morgan fingerprint density at radius 3 is 2.52 bits per heavy atom. The van der Waals surface area contributed by atoms with Crippen molar-refractivity contribution in [1.82, 2.24) is 15.1 Å². The highest BCUT2D eigenvalue weighted by atomic mass is 15.3. The van der Waals surface area contributed by atoms with Crippen molar-refractivity contribution in [3.8, 4) is 0 Å². The van der Waals surface area contributed by atoms with Gasteiger partial charge in [-0.3, -0.25) is 14.8 Å². The van der Waals surface area contributed by atoms with E-state index in [2.05, 4.69) is 38.5 Å². The Labute approximate surface area is 153 Å². The number of aliphatic imine (C=N–C) groups is 1. The van der Waals surface area contributed by atoms with E-state index in [0.717, 1.165) is 43.6 Å². The molecule has 4 nitrogen and oxygen atoms in total. The molecule has 0 aliphatic carbocycles. The third-order valence-corrected chi connectivity index (χ3v) is 6.79. The van der Waals surface area contributed by atoms with Gasteiger partial charge in [0.25, 0.3) is 0 Å². The van der Waals surface area contributed by atoms with Crippen LogP contribution in [0.5, 0.6) is 0 Å². The van der Waals surface area contributed by atoms with Gasteiger partial charge in [-0.25, -0.2) is 0 Å². The maximum Gasteiger partial charge on any atom is 0.0517 e. The Kier molecular flexibility index (Phi) is 6.22. The third-order valence-electron chi connectivity index (χ3n) is 6.79. The van der Waals surface area contributed by atoms with Crippen LogP contribution < -0.4 is 5.32 Å². The van der Waals surface area contributed by atoms with Gasteiger partial charge in [0.2, 0.25) is 0 Å². The minimum absolute atomic E-state index is 0.730. The Morgan fingerprint density at radius 1 is 0.960 bits per heavy atom. The minimum atomic E-state index is 0.730. The summed E-state index contributed by atoms with van der Waals surface area (Å²) in [6.45, 7) is 7.00. The quantitative estimate of drug-likeness (QED) is 0.752. The van der Waals surface area contributed by atoms with Crippen molar-refractivity contribution in [2.24, 2.45) is 16.8 Å². The van der Waals surface area contributed by atoms with Crippen molar-refractivity contribution in [3.63, 3.8) is 0 Å². The lowest BCUT2D eigenvalue weighted by molar-refractivity contribution is 0.0846. The zero-order chi connectivity index (χ0) is 16.9. The van der Waals surface area contributed by atoms with Crippen LogP contribution in [0.25, 0.3) is 0 Å². The lowest BCUT2D eigenvalue weighted by Crippen LogP contribution is -2.46. The molecular weight excluding hydrogens is 308 g/mol. The van der Waals surface area contributed by atoms with Gasteiger partial charge in [0, 0.05) is 37.9 Å². The van der Waals surface area contributed by atoms with E-state index in [4.69, 9.17) is 0 Å². The summed E-state index contributed by atoms with van der Waals surface area (Å²) in [4.78, 5) is 10.1. The van der Waals surface area contributed by atoms with Crippen LogP contribution in [0, 0.1) is 11.8 Å². The summed E-state index contributed by atoms with van der Waals surface area (Å²) in [6.07, 6.45) is 17.9. The maximum atomic E-state index is 4.57.